The van der Waals surface area contributed by atoms with E-state index in [1.807, 2.05) is 12.2 Å². The highest BCUT2D eigenvalue weighted by molar-refractivity contribution is 6.05. The van der Waals surface area contributed by atoms with E-state index in [9.17, 15) is 18.8 Å². The molecule has 1 fully saturated rings. The lowest BCUT2D eigenvalue weighted by Gasteiger charge is -2.38. The Labute approximate surface area is 201 Å². The van der Waals surface area contributed by atoms with E-state index >= 15 is 0 Å². The summed E-state index contributed by atoms with van der Waals surface area (Å²) in [5.74, 6) is -1.30. The molecule has 178 valence electrons. The maximum Gasteiger partial charge on any atom is 0.251 e. The molecular weight excluding hydrogens is 449 g/mol. The molecular formula is C26H24FN5O3. The molecule has 0 spiro atoms. The van der Waals surface area contributed by atoms with Crippen molar-refractivity contribution >= 4 is 23.4 Å². The number of hydrazine groups is 1. The van der Waals surface area contributed by atoms with E-state index in [4.69, 9.17) is 0 Å². The van der Waals surface area contributed by atoms with Crippen LogP contribution in [0.15, 0.2) is 67.0 Å². The van der Waals surface area contributed by atoms with Crippen molar-refractivity contribution in [2.45, 2.75) is 26.3 Å². The van der Waals surface area contributed by atoms with Crippen LogP contribution in [0.5, 0.6) is 0 Å². The molecule has 1 aliphatic carbocycles. The van der Waals surface area contributed by atoms with Crippen molar-refractivity contribution in [3.05, 3.63) is 89.8 Å². The summed E-state index contributed by atoms with van der Waals surface area (Å²) < 4.78 is 16.3. The Morgan fingerprint density at radius 3 is 2.69 bits per heavy atom. The van der Waals surface area contributed by atoms with Crippen LogP contribution in [0.3, 0.4) is 0 Å². The molecule has 3 aromatic rings. The maximum atomic E-state index is 14.6. The number of benzene rings is 2. The van der Waals surface area contributed by atoms with E-state index in [2.05, 4.69) is 15.7 Å². The number of anilines is 1. The molecule has 0 bridgehead atoms. The second-order valence-electron chi connectivity index (χ2n) is 8.67. The summed E-state index contributed by atoms with van der Waals surface area (Å²) in [6.45, 7) is 1.91. The van der Waals surface area contributed by atoms with E-state index in [0.29, 0.717) is 41.2 Å². The molecule has 5 rings (SSSR count). The summed E-state index contributed by atoms with van der Waals surface area (Å²) >= 11 is 0. The zero-order valence-electron chi connectivity index (χ0n) is 19.1. The first-order valence-electron chi connectivity index (χ1n) is 11.4. The number of imidazole rings is 1. The molecule has 2 unspecified atom stereocenters. The Hall–Kier alpha value is -4.27. The number of aromatic nitrogens is 2. The summed E-state index contributed by atoms with van der Waals surface area (Å²) in [4.78, 5) is 42.4. The Morgan fingerprint density at radius 2 is 1.94 bits per heavy atom. The first-order valence-corrected chi connectivity index (χ1v) is 11.4. The van der Waals surface area contributed by atoms with Crippen molar-refractivity contribution in [3.63, 3.8) is 0 Å². The van der Waals surface area contributed by atoms with Crippen molar-refractivity contribution in [1.29, 1.82) is 0 Å². The number of hydrogen-bond donors (Lipinski definition) is 2. The van der Waals surface area contributed by atoms with Crippen LogP contribution in [-0.4, -0.2) is 27.3 Å². The highest BCUT2D eigenvalue weighted by atomic mass is 19.1. The van der Waals surface area contributed by atoms with Crippen molar-refractivity contribution < 1.29 is 18.8 Å². The number of aryl methyl sites for hydroxylation is 1. The molecule has 3 amide bonds. The maximum absolute atomic E-state index is 14.6. The van der Waals surface area contributed by atoms with Gasteiger partial charge in [0.05, 0.1) is 23.2 Å². The molecule has 8 nitrogen and oxygen atoms in total. The number of fused-ring (bicyclic) bond motifs is 1. The largest absolute Gasteiger partial charge is 0.348 e. The van der Waals surface area contributed by atoms with Gasteiger partial charge in [0.1, 0.15) is 11.6 Å². The van der Waals surface area contributed by atoms with Crippen molar-refractivity contribution in [1.82, 2.24) is 20.3 Å². The number of carbonyl (C=O) groups excluding carboxylic acids is 3. The minimum absolute atomic E-state index is 0.124. The molecule has 0 radical (unpaired) electrons. The molecule has 1 aromatic heterocycles. The van der Waals surface area contributed by atoms with Crippen molar-refractivity contribution in [2.75, 3.05) is 5.01 Å². The summed E-state index contributed by atoms with van der Waals surface area (Å²) in [7, 11) is 0. The lowest BCUT2D eigenvalue weighted by atomic mass is 9.80. The Morgan fingerprint density at radius 1 is 1.14 bits per heavy atom. The summed E-state index contributed by atoms with van der Waals surface area (Å²) in [6.07, 6.45) is 8.19. The topological polar surface area (TPSA) is 96.3 Å². The number of carbonyl (C=O) groups is 3. The molecule has 1 aliphatic heterocycles. The van der Waals surface area contributed by atoms with Crippen LogP contribution in [0.4, 0.5) is 10.1 Å². The lowest BCUT2D eigenvalue weighted by Crippen LogP contribution is -2.59. The van der Waals surface area contributed by atoms with Gasteiger partial charge in [-0.15, -0.1) is 0 Å². The fourth-order valence-corrected chi connectivity index (χ4v) is 4.54. The van der Waals surface area contributed by atoms with Gasteiger partial charge in [0.15, 0.2) is 0 Å². The highest BCUT2D eigenvalue weighted by Gasteiger charge is 2.42. The number of allylic oxidation sites excluding steroid dienone is 2. The SMILES string of the molecule is Cc1nccn1-c1ccc(CNC(=O)c2cccc(N3NC(=O)C4CC=CCC4C3=O)c2)cc1F. The minimum atomic E-state index is -0.421. The molecule has 2 aromatic carbocycles. The van der Waals surface area contributed by atoms with E-state index in [1.165, 1.54) is 11.1 Å². The second-order valence-corrected chi connectivity index (χ2v) is 8.67. The zero-order valence-corrected chi connectivity index (χ0v) is 19.1. The number of halogens is 1. The lowest BCUT2D eigenvalue weighted by molar-refractivity contribution is -0.139. The van der Waals surface area contributed by atoms with Gasteiger partial charge in [0, 0.05) is 24.5 Å². The van der Waals surface area contributed by atoms with Crippen LogP contribution in [0.2, 0.25) is 0 Å². The quantitative estimate of drug-likeness (QED) is 0.556. The van der Waals surface area contributed by atoms with Gasteiger partial charge in [-0.3, -0.25) is 19.8 Å². The van der Waals surface area contributed by atoms with Gasteiger partial charge in [0.2, 0.25) is 11.8 Å². The third-order valence-electron chi connectivity index (χ3n) is 6.45. The van der Waals surface area contributed by atoms with E-state index in [-0.39, 0.29) is 30.2 Å². The van der Waals surface area contributed by atoms with Gasteiger partial charge >= 0.3 is 0 Å². The van der Waals surface area contributed by atoms with Crippen LogP contribution >= 0.6 is 0 Å². The van der Waals surface area contributed by atoms with Crippen LogP contribution in [0.25, 0.3) is 5.69 Å². The van der Waals surface area contributed by atoms with Crippen LogP contribution in [0.1, 0.15) is 34.6 Å². The average Bonchev–Trinajstić information content (AvgIpc) is 3.30. The molecule has 2 heterocycles. The van der Waals surface area contributed by atoms with E-state index in [1.54, 1.807) is 60.3 Å². The van der Waals surface area contributed by atoms with E-state index in [0.717, 1.165) is 0 Å². The van der Waals surface area contributed by atoms with Gasteiger partial charge in [-0.1, -0.05) is 24.3 Å². The molecule has 0 saturated carbocycles. The number of hydrogen-bond acceptors (Lipinski definition) is 4. The van der Waals surface area contributed by atoms with Crippen LogP contribution in [0, 0.1) is 24.6 Å². The third-order valence-corrected chi connectivity index (χ3v) is 6.45. The van der Waals surface area contributed by atoms with Gasteiger partial charge in [-0.2, -0.15) is 0 Å². The molecule has 2 aliphatic rings. The number of amides is 3. The molecule has 9 heteroatoms. The van der Waals surface area contributed by atoms with Gasteiger partial charge in [-0.25, -0.2) is 14.4 Å². The second kappa shape index (κ2) is 9.17. The predicted octanol–water partition coefficient (Wildman–Crippen LogP) is 3.21. The Balaban J connectivity index is 1.28. The number of nitrogens with zero attached hydrogens (tertiary/aromatic N) is 3. The summed E-state index contributed by atoms with van der Waals surface area (Å²) in [5, 5.41) is 4.01. The zero-order chi connectivity index (χ0) is 24.5. The van der Waals surface area contributed by atoms with E-state index < -0.39 is 11.7 Å². The van der Waals surface area contributed by atoms with Gasteiger partial charge < -0.3 is 9.88 Å². The summed E-state index contributed by atoms with van der Waals surface area (Å²) in [6, 6.07) is 11.3. The fourth-order valence-electron chi connectivity index (χ4n) is 4.54. The minimum Gasteiger partial charge on any atom is -0.348 e. The smallest absolute Gasteiger partial charge is 0.251 e. The first-order chi connectivity index (χ1) is 16.9. The standard InChI is InChI=1S/C26H24FN5O3/c1-16-28-11-12-31(16)23-10-9-17(13-22(23)27)15-29-24(33)18-5-4-6-19(14-18)32-26(35)21-8-3-2-7-20(21)25(34)30-32/h2-6,9-14,20-21H,7-8,15H2,1H3,(H,29,33)(H,30,34). The number of rotatable bonds is 5. The summed E-state index contributed by atoms with van der Waals surface area (Å²) in [5.41, 5.74) is 4.38. The monoisotopic (exact) mass is 473 g/mol. The van der Waals surface area contributed by atoms with Gasteiger partial charge in [0.25, 0.3) is 5.91 Å². The fraction of sp³-hybridized carbons (Fsp3) is 0.231. The van der Waals surface area contributed by atoms with Crippen LogP contribution < -0.4 is 15.8 Å². The van der Waals surface area contributed by atoms with Crippen molar-refractivity contribution in [2.24, 2.45) is 11.8 Å². The molecule has 2 atom stereocenters. The predicted molar refractivity (Wildman–Crippen MR) is 127 cm³/mol. The van der Waals surface area contributed by atoms with Gasteiger partial charge in [-0.05, 0) is 55.7 Å². The first kappa shape index (κ1) is 22.5. The van der Waals surface area contributed by atoms with Crippen LogP contribution in [-0.2, 0) is 16.1 Å². The molecule has 1 saturated heterocycles. The third kappa shape index (κ3) is 4.32. The Kier molecular flexibility index (Phi) is 5.90. The molecule has 2 N–H and O–H groups in total. The average molecular weight is 474 g/mol. The highest BCUT2D eigenvalue weighted by Crippen LogP contribution is 2.32. The normalized spacial score (nSPS) is 19.3. The number of nitrogens with one attached hydrogen (secondary N) is 2. The van der Waals surface area contributed by atoms with Crippen molar-refractivity contribution in [3.8, 4) is 5.69 Å². The molecule has 35 heavy (non-hydrogen) atoms. The Bertz CT molecular complexity index is 1350.